The Hall–Kier alpha value is -2.44. The van der Waals surface area contributed by atoms with Crippen LogP contribution in [0.3, 0.4) is 0 Å². The lowest BCUT2D eigenvalue weighted by atomic mass is 9.90. The molecule has 1 fully saturated rings. The van der Waals surface area contributed by atoms with Crippen molar-refractivity contribution in [3.8, 4) is 5.75 Å². The van der Waals surface area contributed by atoms with Gasteiger partial charge in [-0.25, -0.2) is 0 Å². The van der Waals surface area contributed by atoms with E-state index in [-0.39, 0.29) is 23.8 Å². The molecular weight excluding hydrogens is 454 g/mol. The number of hydrogen-bond acceptors (Lipinski definition) is 4. The predicted molar refractivity (Wildman–Crippen MR) is 141 cm³/mol. The summed E-state index contributed by atoms with van der Waals surface area (Å²) in [4.78, 5) is 27.5. The van der Waals surface area contributed by atoms with Crippen molar-refractivity contribution in [2.45, 2.75) is 71.2 Å². The molecular formula is C29H39NO4Si. The standard InChI is InChI=1S/C29H39NO4Si/c1-5-22(19-30-28(31)25-16-9-10-17-26(25)29(30)32)27(34-35(2,3)4)23-14-11-15-24(18-23)33-20-21-12-7-6-8-13-21/h9-11,14-18,21-22,27H,5-8,12-13,19-20H2,1-4H3/t22-,27?/m0/s1. The summed E-state index contributed by atoms with van der Waals surface area (Å²) in [6.07, 6.45) is 7.02. The molecule has 4 rings (SSSR count). The van der Waals surface area contributed by atoms with E-state index in [1.165, 1.54) is 37.0 Å². The van der Waals surface area contributed by atoms with Gasteiger partial charge in [-0.1, -0.05) is 50.5 Å². The molecule has 2 aromatic carbocycles. The second kappa shape index (κ2) is 11.1. The molecule has 0 radical (unpaired) electrons. The van der Waals surface area contributed by atoms with Gasteiger partial charge in [-0.3, -0.25) is 14.5 Å². The largest absolute Gasteiger partial charge is 0.493 e. The van der Waals surface area contributed by atoms with Crippen LogP contribution in [0.1, 0.15) is 77.8 Å². The summed E-state index contributed by atoms with van der Waals surface area (Å²) in [5, 5.41) is 0. The normalized spacial score (nSPS) is 18.5. The van der Waals surface area contributed by atoms with E-state index < -0.39 is 8.32 Å². The molecule has 188 valence electrons. The molecule has 0 N–H and O–H groups in total. The van der Waals surface area contributed by atoms with Crippen molar-refractivity contribution >= 4 is 20.1 Å². The SMILES string of the molecule is CC[C@@H](CN1C(=O)c2ccccc2C1=O)C(O[Si](C)(C)C)c1cccc(OCC2CCCCC2)c1. The molecule has 0 spiro atoms. The number of hydrogen-bond donors (Lipinski definition) is 0. The highest BCUT2D eigenvalue weighted by atomic mass is 28.4. The van der Waals surface area contributed by atoms with Crippen molar-refractivity contribution in [2.24, 2.45) is 11.8 Å². The molecule has 2 amide bonds. The second-order valence-corrected chi connectivity index (χ2v) is 15.4. The molecule has 6 heteroatoms. The van der Waals surface area contributed by atoms with Gasteiger partial charge in [-0.15, -0.1) is 0 Å². The van der Waals surface area contributed by atoms with Gasteiger partial charge in [0.2, 0.25) is 0 Å². The van der Waals surface area contributed by atoms with E-state index >= 15 is 0 Å². The monoisotopic (exact) mass is 493 g/mol. The van der Waals surface area contributed by atoms with E-state index in [0.717, 1.165) is 24.3 Å². The molecule has 1 unspecified atom stereocenters. The minimum Gasteiger partial charge on any atom is -0.493 e. The van der Waals surface area contributed by atoms with Crippen molar-refractivity contribution < 1.29 is 18.8 Å². The van der Waals surface area contributed by atoms with E-state index in [0.29, 0.717) is 23.6 Å². The number of carbonyl (C=O) groups is 2. The van der Waals surface area contributed by atoms with Crippen LogP contribution in [0, 0.1) is 11.8 Å². The Balaban J connectivity index is 1.54. The summed E-state index contributed by atoms with van der Waals surface area (Å²) < 4.78 is 12.9. The summed E-state index contributed by atoms with van der Waals surface area (Å²) in [7, 11) is -1.93. The van der Waals surface area contributed by atoms with Crippen molar-refractivity contribution in [1.29, 1.82) is 0 Å². The van der Waals surface area contributed by atoms with Gasteiger partial charge in [0.25, 0.3) is 11.8 Å². The van der Waals surface area contributed by atoms with Crippen LogP contribution in [0.5, 0.6) is 5.75 Å². The lowest BCUT2D eigenvalue weighted by Crippen LogP contribution is -2.39. The molecule has 0 bridgehead atoms. The first-order chi connectivity index (χ1) is 16.8. The molecule has 0 saturated heterocycles. The second-order valence-electron chi connectivity index (χ2n) is 11.0. The molecule has 5 nitrogen and oxygen atoms in total. The van der Waals surface area contributed by atoms with E-state index in [2.05, 4.69) is 38.7 Å². The highest BCUT2D eigenvalue weighted by Gasteiger charge is 2.39. The maximum Gasteiger partial charge on any atom is 0.261 e. The fraction of sp³-hybridized carbons (Fsp3) is 0.517. The van der Waals surface area contributed by atoms with Crippen molar-refractivity contribution in [3.63, 3.8) is 0 Å². The van der Waals surface area contributed by atoms with Crippen LogP contribution in [0.15, 0.2) is 48.5 Å². The van der Waals surface area contributed by atoms with Gasteiger partial charge in [0.15, 0.2) is 8.32 Å². The van der Waals surface area contributed by atoms with Gasteiger partial charge in [0, 0.05) is 12.5 Å². The van der Waals surface area contributed by atoms with Gasteiger partial charge >= 0.3 is 0 Å². The van der Waals surface area contributed by atoms with Gasteiger partial charge in [0.05, 0.1) is 23.8 Å². The average Bonchev–Trinajstić information content (AvgIpc) is 3.10. The Bertz CT molecular complexity index is 1010. The smallest absolute Gasteiger partial charge is 0.261 e. The lowest BCUT2D eigenvalue weighted by Gasteiger charge is -2.34. The third-order valence-electron chi connectivity index (χ3n) is 7.13. The zero-order valence-electron chi connectivity index (χ0n) is 21.6. The number of carbonyl (C=O) groups excluding carboxylic acids is 2. The maximum atomic E-state index is 13.0. The number of imide groups is 1. The summed E-state index contributed by atoms with van der Waals surface area (Å²) in [6, 6.07) is 15.3. The maximum absolute atomic E-state index is 13.0. The molecule has 2 atom stereocenters. The van der Waals surface area contributed by atoms with Gasteiger partial charge < -0.3 is 9.16 Å². The Morgan fingerprint density at radius 3 is 2.20 bits per heavy atom. The van der Waals surface area contributed by atoms with Crippen LogP contribution in [-0.2, 0) is 4.43 Å². The van der Waals surface area contributed by atoms with Crippen LogP contribution < -0.4 is 4.74 Å². The number of benzene rings is 2. The molecule has 2 aromatic rings. The Morgan fingerprint density at radius 2 is 1.60 bits per heavy atom. The number of rotatable bonds is 10. The highest BCUT2D eigenvalue weighted by Crippen LogP contribution is 2.36. The van der Waals surface area contributed by atoms with E-state index in [9.17, 15) is 9.59 Å². The quantitative estimate of drug-likeness (QED) is 0.268. The molecule has 1 aliphatic carbocycles. The topological polar surface area (TPSA) is 55.8 Å². The van der Waals surface area contributed by atoms with Gasteiger partial charge in [-0.05, 0) is 74.7 Å². The molecule has 35 heavy (non-hydrogen) atoms. The van der Waals surface area contributed by atoms with Crippen LogP contribution in [0.4, 0.5) is 0 Å². The zero-order chi connectivity index (χ0) is 25.0. The first-order valence-corrected chi connectivity index (χ1v) is 16.5. The first-order valence-electron chi connectivity index (χ1n) is 13.1. The highest BCUT2D eigenvalue weighted by molar-refractivity contribution is 6.69. The number of amides is 2. The van der Waals surface area contributed by atoms with E-state index in [1.54, 1.807) is 24.3 Å². The molecule has 1 saturated carbocycles. The van der Waals surface area contributed by atoms with Crippen LogP contribution >= 0.6 is 0 Å². The fourth-order valence-electron chi connectivity index (χ4n) is 5.24. The summed E-state index contributed by atoms with van der Waals surface area (Å²) >= 11 is 0. The summed E-state index contributed by atoms with van der Waals surface area (Å²) in [5.74, 6) is 1.07. The fourth-order valence-corrected chi connectivity index (χ4v) is 6.34. The zero-order valence-corrected chi connectivity index (χ0v) is 22.6. The number of fused-ring (bicyclic) bond motifs is 1. The Morgan fingerprint density at radius 1 is 0.943 bits per heavy atom. The van der Waals surface area contributed by atoms with Gasteiger partial charge in [0.1, 0.15) is 5.75 Å². The minimum atomic E-state index is -1.93. The predicted octanol–water partition coefficient (Wildman–Crippen LogP) is 6.86. The summed E-state index contributed by atoms with van der Waals surface area (Å²) in [5.41, 5.74) is 2.04. The van der Waals surface area contributed by atoms with Gasteiger partial charge in [-0.2, -0.15) is 0 Å². The van der Waals surface area contributed by atoms with E-state index in [4.69, 9.17) is 9.16 Å². The average molecular weight is 494 g/mol. The first kappa shape index (κ1) is 25.6. The molecule has 1 heterocycles. The summed E-state index contributed by atoms with van der Waals surface area (Å²) in [6.45, 7) is 9.74. The molecule has 0 aromatic heterocycles. The lowest BCUT2D eigenvalue weighted by molar-refractivity contribution is 0.0535. The minimum absolute atomic E-state index is 0.0162. The van der Waals surface area contributed by atoms with Crippen LogP contribution in [0.2, 0.25) is 19.6 Å². The third kappa shape index (κ3) is 6.22. The molecule has 1 aliphatic heterocycles. The van der Waals surface area contributed by atoms with Crippen molar-refractivity contribution in [2.75, 3.05) is 13.2 Å². The Labute approximate surface area is 210 Å². The van der Waals surface area contributed by atoms with Crippen molar-refractivity contribution in [3.05, 3.63) is 65.2 Å². The van der Waals surface area contributed by atoms with Crippen LogP contribution in [-0.4, -0.2) is 38.2 Å². The van der Waals surface area contributed by atoms with Crippen molar-refractivity contribution in [1.82, 2.24) is 4.90 Å². The molecule has 2 aliphatic rings. The number of ether oxygens (including phenoxy) is 1. The number of nitrogens with zero attached hydrogens (tertiary/aromatic N) is 1. The third-order valence-corrected chi connectivity index (χ3v) is 8.09. The Kier molecular flexibility index (Phi) is 8.12. The van der Waals surface area contributed by atoms with Crippen LogP contribution in [0.25, 0.3) is 0 Å². The van der Waals surface area contributed by atoms with E-state index in [1.807, 2.05) is 12.1 Å².